The predicted molar refractivity (Wildman–Crippen MR) is 134 cm³/mol. The molecule has 1 saturated heterocycles. The molecule has 190 valence electrons. The fourth-order valence-corrected chi connectivity index (χ4v) is 6.09. The minimum atomic E-state index is -3.53. The second-order valence-electron chi connectivity index (χ2n) is 10.5. The van der Waals surface area contributed by atoms with Crippen molar-refractivity contribution in [1.29, 1.82) is 0 Å². The van der Waals surface area contributed by atoms with Crippen LogP contribution in [0.15, 0.2) is 29.2 Å². The lowest BCUT2D eigenvalue weighted by molar-refractivity contribution is -0.139. The van der Waals surface area contributed by atoms with E-state index in [1.165, 1.54) is 0 Å². The summed E-state index contributed by atoms with van der Waals surface area (Å²) in [6.07, 6.45) is 6.90. The van der Waals surface area contributed by atoms with E-state index in [0.717, 1.165) is 63.6 Å². The van der Waals surface area contributed by atoms with E-state index < -0.39 is 16.1 Å². The lowest BCUT2D eigenvalue weighted by Gasteiger charge is -2.33. The number of piperidine rings is 1. The molecule has 1 saturated carbocycles. The summed E-state index contributed by atoms with van der Waals surface area (Å²) in [6.45, 7) is 8.03. The first-order valence-electron chi connectivity index (χ1n) is 12.8. The molecular weight excluding hydrogens is 450 g/mol. The molecule has 1 heterocycles. The second kappa shape index (κ2) is 12.2. The number of nitrogens with one attached hydrogen (secondary N) is 2. The lowest BCUT2D eigenvalue weighted by Crippen LogP contribution is -2.52. The van der Waals surface area contributed by atoms with E-state index in [1.54, 1.807) is 24.3 Å². The van der Waals surface area contributed by atoms with E-state index >= 15 is 0 Å². The number of carbonyl (C=O) groups is 2. The average molecular weight is 492 g/mol. The number of carbonyl (C=O) groups excluding carboxylic acids is 2. The summed E-state index contributed by atoms with van der Waals surface area (Å²) < 4.78 is 27.8. The number of benzene rings is 1. The maximum Gasteiger partial charge on any atom is 0.245 e. The van der Waals surface area contributed by atoms with Gasteiger partial charge in [0.05, 0.1) is 4.90 Å². The number of amides is 2. The summed E-state index contributed by atoms with van der Waals surface area (Å²) in [7, 11) is -3.53. The molecule has 34 heavy (non-hydrogen) atoms. The second-order valence-corrected chi connectivity index (χ2v) is 12.2. The largest absolute Gasteiger partial charge is 0.344 e. The molecule has 0 radical (unpaired) electrons. The fourth-order valence-electron chi connectivity index (χ4n) is 4.97. The third-order valence-electron chi connectivity index (χ3n) is 7.10. The number of sulfonamides is 1. The van der Waals surface area contributed by atoms with Crippen LogP contribution < -0.4 is 10.0 Å². The van der Waals surface area contributed by atoms with Crippen LogP contribution in [0.3, 0.4) is 0 Å². The Bertz CT molecular complexity index is 916. The van der Waals surface area contributed by atoms with Gasteiger partial charge in [0.2, 0.25) is 21.8 Å². The molecule has 1 aromatic carbocycles. The van der Waals surface area contributed by atoms with Crippen LogP contribution >= 0.6 is 0 Å². The number of aryl methyl sites for hydroxylation is 1. The maximum absolute atomic E-state index is 13.1. The first-order valence-corrected chi connectivity index (χ1v) is 14.3. The highest BCUT2D eigenvalue weighted by atomic mass is 32.2. The third kappa shape index (κ3) is 7.54. The molecule has 3 rings (SSSR count). The number of likely N-dealkylation sites (tertiary alicyclic amines) is 1. The number of rotatable bonds is 9. The van der Waals surface area contributed by atoms with Crippen molar-refractivity contribution in [2.45, 2.75) is 83.1 Å². The molecule has 1 aliphatic heterocycles. The zero-order valence-corrected chi connectivity index (χ0v) is 21.7. The Morgan fingerprint density at radius 2 is 1.62 bits per heavy atom. The van der Waals surface area contributed by atoms with E-state index in [9.17, 15) is 18.0 Å². The van der Waals surface area contributed by atoms with Crippen molar-refractivity contribution in [1.82, 2.24) is 14.9 Å². The molecule has 0 spiro atoms. The monoisotopic (exact) mass is 491 g/mol. The summed E-state index contributed by atoms with van der Waals surface area (Å²) in [5.41, 5.74) is 1.02. The van der Waals surface area contributed by atoms with Gasteiger partial charge in [0, 0.05) is 25.6 Å². The Balaban J connectivity index is 1.48. The van der Waals surface area contributed by atoms with Gasteiger partial charge in [0.15, 0.2) is 0 Å². The van der Waals surface area contributed by atoms with Gasteiger partial charge in [0.25, 0.3) is 0 Å². The summed E-state index contributed by atoms with van der Waals surface area (Å²) in [4.78, 5) is 28.3. The quantitative estimate of drug-likeness (QED) is 0.551. The standard InChI is InChI=1S/C26H41N3O4S/c1-19(2)17-24(26(31)29-15-5-4-6-16-29)28-25(30)22-11-9-21(10-12-22)18-27-34(32,33)23-13-7-20(3)8-14-23/h7-8,13-14,19,21-22,24,27H,4-6,9-12,15-18H2,1-3H3,(H,28,30)/t21?,22?,24-/m0/s1. The third-order valence-corrected chi connectivity index (χ3v) is 8.54. The first kappa shape index (κ1) is 26.7. The SMILES string of the molecule is Cc1ccc(S(=O)(=O)NCC2CCC(C(=O)N[C@@H](CC(C)C)C(=O)N3CCCCC3)CC2)cc1. The molecule has 2 N–H and O–H groups in total. The minimum absolute atomic E-state index is 0.0327. The Labute approximate surface area is 205 Å². The highest BCUT2D eigenvalue weighted by molar-refractivity contribution is 7.89. The molecule has 2 aliphatic rings. The molecule has 1 aromatic rings. The van der Waals surface area contributed by atoms with Crippen molar-refractivity contribution < 1.29 is 18.0 Å². The maximum atomic E-state index is 13.1. The smallest absolute Gasteiger partial charge is 0.245 e. The van der Waals surface area contributed by atoms with Crippen molar-refractivity contribution in [3.63, 3.8) is 0 Å². The van der Waals surface area contributed by atoms with E-state index in [-0.39, 0.29) is 28.5 Å². The van der Waals surface area contributed by atoms with Crippen LogP contribution in [0.1, 0.15) is 70.8 Å². The van der Waals surface area contributed by atoms with Crippen LogP contribution in [0.2, 0.25) is 0 Å². The van der Waals surface area contributed by atoms with Gasteiger partial charge in [-0.25, -0.2) is 13.1 Å². The Morgan fingerprint density at radius 1 is 1.00 bits per heavy atom. The first-order chi connectivity index (χ1) is 16.2. The predicted octanol–water partition coefficient (Wildman–Crippen LogP) is 3.62. The van der Waals surface area contributed by atoms with Gasteiger partial charge in [-0.1, -0.05) is 31.5 Å². The molecule has 0 unspecified atom stereocenters. The summed E-state index contributed by atoms with van der Waals surface area (Å²) in [5.74, 6) is 0.437. The topological polar surface area (TPSA) is 95.6 Å². The van der Waals surface area contributed by atoms with Gasteiger partial charge >= 0.3 is 0 Å². The number of nitrogens with zero attached hydrogens (tertiary/aromatic N) is 1. The van der Waals surface area contributed by atoms with Crippen molar-refractivity contribution in [3.05, 3.63) is 29.8 Å². The van der Waals surface area contributed by atoms with E-state index in [1.807, 2.05) is 11.8 Å². The molecular formula is C26H41N3O4S. The van der Waals surface area contributed by atoms with Crippen LogP contribution in [0.4, 0.5) is 0 Å². The van der Waals surface area contributed by atoms with E-state index in [2.05, 4.69) is 23.9 Å². The number of hydrogen-bond acceptors (Lipinski definition) is 4. The van der Waals surface area contributed by atoms with Crippen molar-refractivity contribution >= 4 is 21.8 Å². The Morgan fingerprint density at radius 3 is 2.21 bits per heavy atom. The molecule has 0 aromatic heterocycles. The number of hydrogen-bond donors (Lipinski definition) is 2. The average Bonchev–Trinajstić information content (AvgIpc) is 2.83. The molecule has 7 nitrogen and oxygen atoms in total. The van der Waals surface area contributed by atoms with Crippen LogP contribution in [0.5, 0.6) is 0 Å². The summed E-state index contributed by atoms with van der Waals surface area (Å²) >= 11 is 0. The van der Waals surface area contributed by atoms with Crippen LogP contribution in [0, 0.1) is 24.7 Å². The van der Waals surface area contributed by atoms with Crippen molar-refractivity contribution in [2.75, 3.05) is 19.6 Å². The van der Waals surface area contributed by atoms with Crippen molar-refractivity contribution in [2.24, 2.45) is 17.8 Å². The molecule has 2 fully saturated rings. The Hall–Kier alpha value is -1.93. The van der Waals surface area contributed by atoms with Gasteiger partial charge in [0.1, 0.15) is 6.04 Å². The van der Waals surface area contributed by atoms with Gasteiger partial charge in [-0.2, -0.15) is 0 Å². The fraction of sp³-hybridized carbons (Fsp3) is 0.692. The molecule has 1 aliphatic carbocycles. The van der Waals surface area contributed by atoms with Gasteiger partial charge < -0.3 is 10.2 Å². The highest BCUT2D eigenvalue weighted by Gasteiger charge is 2.32. The van der Waals surface area contributed by atoms with Crippen LogP contribution in [-0.2, 0) is 19.6 Å². The minimum Gasteiger partial charge on any atom is -0.344 e. The van der Waals surface area contributed by atoms with E-state index in [0.29, 0.717) is 18.9 Å². The summed E-state index contributed by atoms with van der Waals surface area (Å²) in [5, 5.41) is 3.07. The molecule has 0 bridgehead atoms. The zero-order valence-electron chi connectivity index (χ0n) is 20.9. The van der Waals surface area contributed by atoms with E-state index in [4.69, 9.17) is 0 Å². The summed E-state index contributed by atoms with van der Waals surface area (Å²) in [6, 6.07) is 6.38. The molecule has 1 atom stereocenters. The lowest BCUT2D eigenvalue weighted by atomic mass is 9.81. The molecule has 2 amide bonds. The van der Waals surface area contributed by atoms with Gasteiger partial charge in [-0.05, 0) is 82.3 Å². The van der Waals surface area contributed by atoms with Gasteiger partial charge in [-0.15, -0.1) is 0 Å². The van der Waals surface area contributed by atoms with Crippen LogP contribution in [0.25, 0.3) is 0 Å². The van der Waals surface area contributed by atoms with Crippen LogP contribution in [-0.4, -0.2) is 50.8 Å². The molecule has 8 heteroatoms. The van der Waals surface area contributed by atoms with Gasteiger partial charge in [-0.3, -0.25) is 9.59 Å². The Kier molecular flexibility index (Phi) is 9.54. The van der Waals surface area contributed by atoms with Crippen molar-refractivity contribution in [3.8, 4) is 0 Å². The highest BCUT2D eigenvalue weighted by Crippen LogP contribution is 2.29. The zero-order chi connectivity index (χ0) is 24.7. The normalized spacial score (nSPS) is 22.4.